The van der Waals surface area contributed by atoms with Gasteiger partial charge in [-0.15, -0.1) is 0 Å². The average Bonchev–Trinajstić information content (AvgIpc) is 2.09. The van der Waals surface area contributed by atoms with Crippen LogP contribution in [0.15, 0.2) is 24.3 Å². The van der Waals surface area contributed by atoms with Crippen molar-refractivity contribution in [3.63, 3.8) is 0 Å². The molecule has 1 aromatic carbocycles. The van der Waals surface area contributed by atoms with Crippen molar-refractivity contribution in [3.8, 4) is 0 Å². The summed E-state index contributed by atoms with van der Waals surface area (Å²) in [5.41, 5.74) is 12.0. The third-order valence-electron chi connectivity index (χ3n) is 1.71. The van der Waals surface area contributed by atoms with Gasteiger partial charge in [0, 0.05) is 12.6 Å². The van der Waals surface area contributed by atoms with E-state index in [0.717, 1.165) is 5.56 Å². The molecule has 0 aliphatic carbocycles. The van der Waals surface area contributed by atoms with Crippen molar-refractivity contribution in [2.24, 2.45) is 11.5 Å². The molecule has 0 saturated heterocycles. The minimum atomic E-state index is -0.222. The van der Waals surface area contributed by atoms with Crippen molar-refractivity contribution in [3.05, 3.63) is 35.6 Å². The minimum absolute atomic E-state index is 0.0320. The quantitative estimate of drug-likeness (QED) is 0.696. The molecule has 0 aliphatic rings. The molecule has 1 atom stereocenters. The second-order valence-electron chi connectivity index (χ2n) is 2.83. The molecule has 0 fully saturated rings. The summed E-state index contributed by atoms with van der Waals surface area (Å²) in [5, 5.41) is 0. The van der Waals surface area contributed by atoms with Gasteiger partial charge >= 0.3 is 0 Å². The standard InChI is InChI=1S/C9H13FN2/c10-8-3-1-7(2-4-8)5-9(12)6-11/h1-4,9H,5-6,11-12H2/t9-/m0/s1. The van der Waals surface area contributed by atoms with E-state index in [4.69, 9.17) is 11.5 Å². The second-order valence-corrected chi connectivity index (χ2v) is 2.83. The predicted octanol–water partition coefficient (Wildman–Crippen LogP) is 0.654. The molecule has 12 heavy (non-hydrogen) atoms. The van der Waals surface area contributed by atoms with Gasteiger partial charge in [-0.25, -0.2) is 4.39 Å². The van der Waals surface area contributed by atoms with Crippen LogP contribution < -0.4 is 11.5 Å². The van der Waals surface area contributed by atoms with E-state index in [1.165, 1.54) is 12.1 Å². The monoisotopic (exact) mass is 168 g/mol. The summed E-state index contributed by atoms with van der Waals surface area (Å²) in [6.45, 7) is 0.456. The van der Waals surface area contributed by atoms with Crippen LogP contribution >= 0.6 is 0 Å². The van der Waals surface area contributed by atoms with Crippen LogP contribution in [0.4, 0.5) is 4.39 Å². The molecule has 3 heteroatoms. The Balaban J connectivity index is 2.58. The highest BCUT2D eigenvalue weighted by Gasteiger charge is 2.00. The van der Waals surface area contributed by atoms with Crippen molar-refractivity contribution in [1.82, 2.24) is 0 Å². The molecule has 4 N–H and O–H groups in total. The zero-order valence-electron chi connectivity index (χ0n) is 6.83. The lowest BCUT2D eigenvalue weighted by atomic mass is 10.1. The van der Waals surface area contributed by atoms with Crippen molar-refractivity contribution in [2.45, 2.75) is 12.5 Å². The van der Waals surface area contributed by atoms with Crippen LogP contribution in [0.25, 0.3) is 0 Å². The van der Waals surface area contributed by atoms with E-state index in [9.17, 15) is 4.39 Å². The van der Waals surface area contributed by atoms with Crippen LogP contribution in [-0.4, -0.2) is 12.6 Å². The highest BCUT2D eigenvalue weighted by Crippen LogP contribution is 2.04. The van der Waals surface area contributed by atoms with Gasteiger partial charge in [0.15, 0.2) is 0 Å². The summed E-state index contributed by atoms with van der Waals surface area (Å²) >= 11 is 0. The number of nitrogens with two attached hydrogens (primary N) is 2. The van der Waals surface area contributed by atoms with Gasteiger partial charge in [-0.3, -0.25) is 0 Å². The van der Waals surface area contributed by atoms with E-state index in [0.29, 0.717) is 13.0 Å². The highest BCUT2D eigenvalue weighted by atomic mass is 19.1. The van der Waals surface area contributed by atoms with E-state index >= 15 is 0 Å². The Bertz CT molecular complexity index is 233. The lowest BCUT2D eigenvalue weighted by Crippen LogP contribution is -2.31. The van der Waals surface area contributed by atoms with E-state index in [1.54, 1.807) is 12.1 Å². The predicted molar refractivity (Wildman–Crippen MR) is 47.1 cm³/mol. The third-order valence-corrected chi connectivity index (χ3v) is 1.71. The first-order valence-corrected chi connectivity index (χ1v) is 3.92. The second kappa shape index (κ2) is 4.18. The minimum Gasteiger partial charge on any atom is -0.329 e. The zero-order valence-corrected chi connectivity index (χ0v) is 6.83. The van der Waals surface area contributed by atoms with E-state index in [1.807, 2.05) is 0 Å². The summed E-state index contributed by atoms with van der Waals surface area (Å²) in [4.78, 5) is 0. The molecule has 1 rings (SSSR count). The van der Waals surface area contributed by atoms with Gasteiger partial charge in [0.05, 0.1) is 0 Å². The lowest BCUT2D eigenvalue weighted by molar-refractivity contribution is 0.624. The van der Waals surface area contributed by atoms with Gasteiger partial charge < -0.3 is 11.5 Å². The number of benzene rings is 1. The highest BCUT2D eigenvalue weighted by molar-refractivity contribution is 5.17. The van der Waals surface area contributed by atoms with Crippen molar-refractivity contribution in [1.29, 1.82) is 0 Å². The van der Waals surface area contributed by atoms with Crippen LogP contribution in [0.1, 0.15) is 5.56 Å². The first kappa shape index (κ1) is 9.16. The summed E-state index contributed by atoms with van der Waals surface area (Å²) in [6.07, 6.45) is 0.705. The maximum Gasteiger partial charge on any atom is 0.123 e. The van der Waals surface area contributed by atoms with Crippen LogP contribution in [0.2, 0.25) is 0 Å². The zero-order chi connectivity index (χ0) is 8.97. The molecule has 0 radical (unpaired) electrons. The molecule has 0 aromatic heterocycles. The number of rotatable bonds is 3. The molecule has 0 amide bonds. The van der Waals surface area contributed by atoms with Gasteiger partial charge in [-0.2, -0.15) is 0 Å². The number of hydrogen-bond donors (Lipinski definition) is 2. The Morgan fingerprint density at radius 1 is 1.25 bits per heavy atom. The number of hydrogen-bond acceptors (Lipinski definition) is 2. The summed E-state index contributed by atoms with van der Waals surface area (Å²) in [6, 6.07) is 6.28. The Labute approximate surface area is 71.4 Å². The van der Waals surface area contributed by atoms with Crippen LogP contribution in [-0.2, 0) is 6.42 Å². The fourth-order valence-electron chi connectivity index (χ4n) is 1.01. The Morgan fingerprint density at radius 3 is 2.33 bits per heavy atom. The molecular weight excluding hydrogens is 155 g/mol. The van der Waals surface area contributed by atoms with E-state index in [-0.39, 0.29) is 11.9 Å². The van der Waals surface area contributed by atoms with Crippen LogP contribution in [0, 0.1) is 5.82 Å². The average molecular weight is 168 g/mol. The molecule has 0 aliphatic heterocycles. The molecular formula is C9H13FN2. The normalized spacial score (nSPS) is 12.9. The van der Waals surface area contributed by atoms with Gasteiger partial charge in [0.1, 0.15) is 5.82 Å². The first-order valence-electron chi connectivity index (χ1n) is 3.92. The van der Waals surface area contributed by atoms with Gasteiger partial charge in [-0.05, 0) is 24.1 Å². The molecule has 0 saturated carbocycles. The molecule has 0 bridgehead atoms. The summed E-state index contributed by atoms with van der Waals surface area (Å²) < 4.78 is 12.5. The summed E-state index contributed by atoms with van der Waals surface area (Å²) in [5.74, 6) is -0.222. The summed E-state index contributed by atoms with van der Waals surface area (Å²) in [7, 11) is 0. The molecule has 66 valence electrons. The number of halogens is 1. The van der Waals surface area contributed by atoms with Crippen LogP contribution in [0.3, 0.4) is 0 Å². The van der Waals surface area contributed by atoms with E-state index < -0.39 is 0 Å². The first-order chi connectivity index (χ1) is 5.72. The Kier molecular flexibility index (Phi) is 3.19. The largest absolute Gasteiger partial charge is 0.329 e. The molecule has 0 unspecified atom stereocenters. The van der Waals surface area contributed by atoms with Crippen molar-refractivity contribution < 1.29 is 4.39 Å². The Hall–Kier alpha value is -0.930. The topological polar surface area (TPSA) is 52.0 Å². The fraction of sp³-hybridized carbons (Fsp3) is 0.333. The van der Waals surface area contributed by atoms with Crippen molar-refractivity contribution >= 4 is 0 Å². The molecule has 0 spiro atoms. The van der Waals surface area contributed by atoms with Gasteiger partial charge in [0.25, 0.3) is 0 Å². The van der Waals surface area contributed by atoms with E-state index in [2.05, 4.69) is 0 Å². The van der Waals surface area contributed by atoms with Gasteiger partial charge in [0.2, 0.25) is 0 Å². The molecule has 1 aromatic rings. The molecule has 0 heterocycles. The third kappa shape index (κ3) is 2.60. The maximum atomic E-state index is 12.5. The lowest BCUT2D eigenvalue weighted by Gasteiger charge is -2.07. The Morgan fingerprint density at radius 2 is 1.83 bits per heavy atom. The maximum absolute atomic E-state index is 12.5. The SMILES string of the molecule is NC[C@@H](N)Cc1ccc(F)cc1. The fourth-order valence-corrected chi connectivity index (χ4v) is 1.01. The van der Waals surface area contributed by atoms with Gasteiger partial charge in [-0.1, -0.05) is 12.1 Å². The van der Waals surface area contributed by atoms with Crippen molar-refractivity contribution in [2.75, 3.05) is 6.54 Å². The molecule has 2 nitrogen and oxygen atoms in total. The smallest absolute Gasteiger partial charge is 0.123 e. The van der Waals surface area contributed by atoms with Crippen LogP contribution in [0.5, 0.6) is 0 Å².